The molecule has 0 amide bonds. The summed E-state index contributed by atoms with van der Waals surface area (Å²) in [6, 6.07) is 16.6. The zero-order chi connectivity index (χ0) is 15.9. The molecule has 22 heavy (non-hydrogen) atoms. The summed E-state index contributed by atoms with van der Waals surface area (Å²) in [7, 11) is 1.55. The highest BCUT2D eigenvalue weighted by atomic mass is 16.5. The number of hydrogen-bond acceptors (Lipinski definition) is 4. The van der Waals surface area contributed by atoms with Crippen molar-refractivity contribution in [2.24, 2.45) is 5.84 Å². The van der Waals surface area contributed by atoms with E-state index in [0.29, 0.717) is 13.0 Å². The van der Waals surface area contributed by atoms with Crippen LogP contribution in [0.25, 0.3) is 0 Å². The molecule has 116 valence electrons. The Labute approximate surface area is 129 Å². The van der Waals surface area contributed by atoms with E-state index in [4.69, 9.17) is 15.7 Å². The average molecular weight is 300 g/mol. The highest BCUT2D eigenvalue weighted by molar-refractivity contribution is 5.73. The van der Waals surface area contributed by atoms with E-state index in [-0.39, 0.29) is 0 Å². The first-order chi connectivity index (χ1) is 10.6. The van der Waals surface area contributed by atoms with Gasteiger partial charge in [0.05, 0.1) is 0 Å². The lowest BCUT2D eigenvalue weighted by atomic mass is 10.1. The molecule has 0 aromatic heterocycles. The van der Waals surface area contributed by atoms with Crippen LogP contribution in [0.4, 0.5) is 0 Å². The third-order valence-corrected chi connectivity index (χ3v) is 3.38. The van der Waals surface area contributed by atoms with Crippen molar-refractivity contribution in [2.45, 2.75) is 19.1 Å². The van der Waals surface area contributed by atoms with Crippen LogP contribution >= 0.6 is 0 Å². The number of hydrazine groups is 1. The van der Waals surface area contributed by atoms with E-state index >= 15 is 0 Å². The van der Waals surface area contributed by atoms with Gasteiger partial charge in [0.1, 0.15) is 18.4 Å². The van der Waals surface area contributed by atoms with Gasteiger partial charge in [0, 0.05) is 7.05 Å². The lowest BCUT2D eigenvalue weighted by Crippen LogP contribution is -2.44. The molecule has 0 aliphatic heterocycles. The maximum atomic E-state index is 11.1. The fourth-order valence-corrected chi connectivity index (χ4v) is 2.09. The summed E-state index contributed by atoms with van der Waals surface area (Å²) in [5.41, 5.74) is 2.00. The number of nitrogens with two attached hydrogens (primary N) is 1. The molecular formula is C17H20N2O3. The van der Waals surface area contributed by atoms with E-state index in [1.54, 1.807) is 7.05 Å². The molecule has 0 fully saturated rings. The molecule has 0 bridgehead atoms. The first kappa shape index (κ1) is 16.0. The molecule has 0 heterocycles. The number of likely N-dealkylation sites (N-methyl/N-ethyl adjacent to an activating group) is 1. The molecule has 5 heteroatoms. The predicted octanol–water partition coefficient (Wildman–Crippen LogP) is 2.07. The monoisotopic (exact) mass is 300 g/mol. The number of hydrogen-bond donors (Lipinski definition) is 2. The van der Waals surface area contributed by atoms with Crippen molar-refractivity contribution in [2.75, 3.05) is 7.05 Å². The van der Waals surface area contributed by atoms with E-state index in [9.17, 15) is 4.79 Å². The number of benzene rings is 2. The number of nitrogens with zero attached hydrogens (tertiary/aromatic N) is 1. The standard InChI is InChI=1S/C17H20N2O3/c1-19(18)16(17(20)21)11-13-7-9-15(10-8-13)22-12-14-5-3-2-4-6-14/h2-10,16H,11-12,18H2,1H3,(H,20,21). The van der Waals surface area contributed by atoms with Crippen LogP contribution in [0.15, 0.2) is 54.6 Å². The number of rotatable bonds is 7. The smallest absolute Gasteiger partial charge is 0.322 e. The summed E-state index contributed by atoms with van der Waals surface area (Å²) in [6.45, 7) is 0.503. The third-order valence-electron chi connectivity index (χ3n) is 3.38. The summed E-state index contributed by atoms with van der Waals surface area (Å²) >= 11 is 0. The van der Waals surface area contributed by atoms with Gasteiger partial charge in [-0.3, -0.25) is 10.6 Å². The number of carboxylic acids is 1. The van der Waals surface area contributed by atoms with Gasteiger partial charge in [-0.15, -0.1) is 0 Å². The number of ether oxygens (including phenoxy) is 1. The Morgan fingerprint density at radius 1 is 1.14 bits per heavy atom. The number of aliphatic carboxylic acids is 1. The van der Waals surface area contributed by atoms with Crippen molar-refractivity contribution in [1.29, 1.82) is 0 Å². The molecule has 3 N–H and O–H groups in total. The number of carbonyl (C=O) groups is 1. The molecular weight excluding hydrogens is 280 g/mol. The summed E-state index contributed by atoms with van der Waals surface area (Å²) in [5, 5.41) is 10.3. The van der Waals surface area contributed by atoms with Gasteiger partial charge in [-0.1, -0.05) is 42.5 Å². The predicted molar refractivity (Wildman–Crippen MR) is 84.3 cm³/mol. The number of carboxylic acid groups (broad SMARTS) is 1. The maximum absolute atomic E-state index is 11.1. The van der Waals surface area contributed by atoms with Crippen LogP contribution in [0.1, 0.15) is 11.1 Å². The summed E-state index contributed by atoms with van der Waals surface area (Å²) in [4.78, 5) is 11.1. The van der Waals surface area contributed by atoms with Crippen molar-refractivity contribution >= 4 is 5.97 Å². The molecule has 0 aliphatic carbocycles. The van der Waals surface area contributed by atoms with Gasteiger partial charge in [0.15, 0.2) is 0 Å². The summed E-state index contributed by atoms with van der Waals surface area (Å²) < 4.78 is 5.70. The van der Waals surface area contributed by atoms with E-state index in [0.717, 1.165) is 16.9 Å². The van der Waals surface area contributed by atoms with Gasteiger partial charge < -0.3 is 9.84 Å². The van der Waals surface area contributed by atoms with Gasteiger partial charge in [-0.05, 0) is 29.7 Å². The molecule has 1 unspecified atom stereocenters. The zero-order valence-electron chi connectivity index (χ0n) is 12.5. The van der Waals surface area contributed by atoms with Crippen LogP contribution in [0.3, 0.4) is 0 Å². The molecule has 0 saturated heterocycles. The van der Waals surface area contributed by atoms with E-state index in [1.165, 1.54) is 5.01 Å². The average Bonchev–Trinajstić information content (AvgIpc) is 2.52. The second-order valence-corrected chi connectivity index (χ2v) is 5.14. The van der Waals surface area contributed by atoms with E-state index in [2.05, 4.69) is 0 Å². The van der Waals surface area contributed by atoms with Crippen molar-refractivity contribution in [3.05, 3.63) is 65.7 Å². The highest BCUT2D eigenvalue weighted by Crippen LogP contribution is 2.16. The van der Waals surface area contributed by atoms with Crippen LogP contribution in [-0.2, 0) is 17.8 Å². The van der Waals surface area contributed by atoms with Gasteiger partial charge >= 0.3 is 5.97 Å². The largest absolute Gasteiger partial charge is 0.489 e. The fourth-order valence-electron chi connectivity index (χ4n) is 2.09. The topological polar surface area (TPSA) is 75.8 Å². The second-order valence-electron chi connectivity index (χ2n) is 5.14. The zero-order valence-corrected chi connectivity index (χ0v) is 12.5. The van der Waals surface area contributed by atoms with Crippen molar-refractivity contribution in [3.63, 3.8) is 0 Å². The maximum Gasteiger partial charge on any atom is 0.322 e. The lowest BCUT2D eigenvalue weighted by molar-refractivity contribution is -0.142. The van der Waals surface area contributed by atoms with Gasteiger partial charge in [-0.2, -0.15) is 0 Å². The Kier molecular flexibility index (Phi) is 5.52. The third kappa shape index (κ3) is 4.58. The normalized spacial score (nSPS) is 12.1. The Morgan fingerprint density at radius 2 is 1.77 bits per heavy atom. The minimum Gasteiger partial charge on any atom is -0.489 e. The SMILES string of the molecule is CN(N)C(Cc1ccc(OCc2ccccc2)cc1)C(=O)O. The second kappa shape index (κ2) is 7.59. The van der Waals surface area contributed by atoms with Gasteiger partial charge in [-0.25, -0.2) is 5.01 Å². The first-order valence-corrected chi connectivity index (χ1v) is 7.02. The lowest BCUT2D eigenvalue weighted by Gasteiger charge is -2.19. The fraction of sp³-hybridized carbons (Fsp3) is 0.235. The van der Waals surface area contributed by atoms with Crippen LogP contribution in [-0.4, -0.2) is 29.2 Å². The van der Waals surface area contributed by atoms with E-state index < -0.39 is 12.0 Å². The van der Waals surface area contributed by atoms with Crippen molar-refractivity contribution in [1.82, 2.24) is 5.01 Å². The Hall–Kier alpha value is -2.37. The molecule has 1 atom stereocenters. The molecule has 2 aromatic rings. The van der Waals surface area contributed by atoms with Gasteiger partial charge in [0.2, 0.25) is 0 Å². The van der Waals surface area contributed by atoms with Gasteiger partial charge in [0.25, 0.3) is 0 Å². The minimum atomic E-state index is -0.936. The molecule has 2 aromatic carbocycles. The molecule has 5 nitrogen and oxygen atoms in total. The Balaban J connectivity index is 1.94. The van der Waals surface area contributed by atoms with E-state index in [1.807, 2.05) is 54.6 Å². The molecule has 0 saturated carbocycles. The molecule has 0 spiro atoms. The van der Waals surface area contributed by atoms with Crippen LogP contribution < -0.4 is 10.6 Å². The highest BCUT2D eigenvalue weighted by Gasteiger charge is 2.20. The van der Waals surface area contributed by atoms with Crippen LogP contribution in [0.2, 0.25) is 0 Å². The Morgan fingerprint density at radius 3 is 2.32 bits per heavy atom. The van der Waals surface area contributed by atoms with Crippen LogP contribution in [0.5, 0.6) is 5.75 Å². The van der Waals surface area contributed by atoms with Crippen molar-refractivity contribution in [3.8, 4) is 5.75 Å². The Bertz CT molecular complexity index is 597. The van der Waals surface area contributed by atoms with Crippen LogP contribution in [0, 0.1) is 0 Å². The molecule has 0 aliphatic rings. The molecule has 0 radical (unpaired) electrons. The summed E-state index contributed by atoms with van der Waals surface area (Å²) in [5.74, 6) is 5.37. The minimum absolute atomic E-state index is 0.349. The quantitative estimate of drug-likeness (QED) is 0.605. The first-order valence-electron chi connectivity index (χ1n) is 7.02. The molecule has 2 rings (SSSR count). The van der Waals surface area contributed by atoms with Crippen molar-refractivity contribution < 1.29 is 14.6 Å². The summed E-state index contributed by atoms with van der Waals surface area (Å²) in [6.07, 6.45) is 0.349.